The number of amides is 1. The zero-order valence-electron chi connectivity index (χ0n) is 14.9. The van der Waals surface area contributed by atoms with Gasteiger partial charge in [-0.25, -0.2) is 5.01 Å². The van der Waals surface area contributed by atoms with Crippen LogP contribution >= 0.6 is 11.8 Å². The number of nitrogens with one attached hydrogen (secondary N) is 2. The molecule has 0 saturated heterocycles. The second kappa shape index (κ2) is 7.01. The van der Waals surface area contributed by atoms with E-state index in [1.54, 1.807) is 5.01 Å². The van der Waals surface area contributed by atoms with Gasteiger partial charge >= 0.3 is 0 Å². The first kappa shape index (κ1) is 16.8. The van der Waals surface area contributed by atoms with E-state index in [4.69, 9.17) is 10.1 Å². The number of carbonyl (C=O) groups is 1. The molecule has 1 atom stereocenters. The van der Waals surface area contributed by atoms with Gasteiger partial charge in [-0.1, -0.05) is 60.3 Å². The smallest absolute Gasteiger partial charge is 0.276 e. The Labute approximate surface area is 165 Å². The van der Waals surface area contributed by atoms with Crippen molar-refractivity contribution in [2.75, 3.05) is 0 Å². The number of para-hydroxylation sites is 1. The van der Waals surface area contributed by atoms with Crippen LogP contribution in [0.3, 0.4) is 0 Å². The van der Waals surface area contributed by atoms with Crippen LogP contribution in [-0.2, 0) is 10.5 Å². The zero-order valence-corrected chi connectivity index (χ0v) is 15.7. The van der Waals surface area contributed by atoms with Crippen molar-refractivity contribution in [1.82, 2.24) is 15.3 Å². The Balaban J connectivity index is 1.56. The minimum absolute atomic E-state index is 0.163. The first-order valence-electron chi connectivity index (χ1n) is 8.96. The molecule has 138 valence electrons. The maximum absolute atomic E-state index is 13.0. The van der Waals surface area contributed by atoms with E-state index in [1.165, 1.54) is 17.3 Å². The summed E-state index contributed by atoms with van der Waals surface area (Å²) >= 11 is 1.50. The third kappa shape index (κ3) is 2.99. The molecule has 2 N–H and O–H groups in total. The van der Waals surface area contributed by atoms with Crippen molar-refractivity contribution in [2.45, 2.75) is 11.9 Å². The summed E-state index contributed by atoms with van der Waals surface area (Å²) in [5, 5.41) is 11.5. The number of amidine groups is 1. The largest absolute Gasteiger partial charge is 0.362 e. The summed E-state index contributed by atoms with van der Waals surface area (Å²) in [6.07, 6.45) is 1.45. The van der Waals surface area contributed by atoms with Crippen LogP contribution in [0.5, 0.6) is 0 Å². The fourth-order valence-electron chi connectivity index (χ4n) is 3.33. The van der Waals surface area contributed by atoms with E-state index in [2.05, 4.69) is 22.4 Å². The lowest BCUT2D eigenvalue weighted by molar-refractivity contribution is -0.116. The number of rotatable bonds is 3. The molecule has 0 fully saturated rings. The van der Waals surface area contributed by atoms with Gasteiger partial charge in [0, 0.05) is 17.2 Å². The summed E-state index contributed by atoms with van der Waals surface area (Å²) < 4.78 is 0. The maximum atomic E-state index is 13.0. The highest BCUT2D eigenvalue weighted by Crippen LogP contribution is 2.30. The van der Waals surface area contributed by atoms with E-state index < -0.39 is 6.17 Å². The third-order valence-electron chi connectivity index (χ3n) is 4.63. The molecule has 0 bridgehead atoms. The third-order valence-corrected chi connectivity index (χ3v) is 5.57. The van der Waals surface area contributed by atoms with E-state index in [1.807, 2.05) is 60.8 Å². The standard InChI is InChI=1S/C21H17N5OS/c27-20-18-15-9-4-5-10-16(15)23-19(17-11-6-12-22-17)26(18)25-21(24-20)28-13-14-7-2-1-3-8-14/h1-12,19,22H,13H2,(H,24,25,27)/t19-/m0/s1. The van der Waals surface area contributed by atoms with Crippen molar-refractivity contribution in [3.05, 3.63) is 94.8 Å². The zero-order chi connectivity index (χ0) is 18.9. The second-order valence-corrected chi connectivity index (χ2v) is 7.44. The summed E-state index contributed by atoms with van der Waals surface area (Å²) in [6, 6.07) is 21.7. The van der Waals surface area contributed by atoms with Crippen molar-refractivity contribution in [3.63, 3.8) is 0 Å². The van der Waals surface area contributed by atoms with Crippen molar-refractivity contribution < 1.29 is 4.79 Å². The van der Waals surface area contributed by atoms with Crippen molar-refractivity contribution in [1.29, 1.82) is 0 Å². The van der Waals surface area contributed by atoms with Crippen LogP contribution in [0.25, 0.3) is 5.70 Å². The summed E-state index contributed by atoms with van der Waals surface area (Å²) in [5.41, 5.74) is 2.58. The van der Waals surface area contributed by atoms with Crippen LogP contribution in [0.1, 0.15) is 17.4 Å². The first-order valence-corrected chi connectivity index (χ1v) is 9.94. The van der Waals surface area contributed by atoms with Gasteiger partial charge in [0.2, 0.25) is 0 Å². The number of carbonyl (C=O) groups excluding carboxylic acids is 1. The minimum atomic E-state index is -0.404. The molecule has 2 aromatic carbocycles. The van der Waals surface area contributed by atoms with E-state index in [0.29, 0.717) is 10.9 Å². The van der Waals surface area contributed by atoms with Gasteiger partial charge in [0.1, 0.15) is 5.70 Å². The number of aromatic nitrogens is 1. The Hall–Kier alpha value is -3.32. The van der Waals surface area contributed by atoms with Gasteiger partial charge in [-0.3, -0.25) is 15.1 Å². The highest BCUT2D eigenvalue weighted by Gasteiger charge is 2.34. The first-order chi connectivity index (χ1) is 13.8. The molecule has 2 aliphatic rings. The number of thioether (sulfide) groups is 1. The summed E-state index contributed by atoms with van der Waals surface area (Å²) in [5.74, 6) is 0.564. The van der Waals surface area contributed by atoms with Gasteiger partial charge in [-0.2, -0.15) is 0 Å². The molecule has 0 spiro atoms. The number of hydrogen-bond acceptors (Lipinski definition) is 5. The molecule has 1 amide bonds. The number of H-pyrrole nitrogens is 1. The van der Waals surface area contributed by atoms with E-state index in [-0.39, 0.29) is 5.91 Å². The molecule has 0 saturated carbocycles. The summed E-state index contributed by atoms with van der Waals surface area (Å²) in [6.45, 7) is 0. The Morgan fingerprint density at radius 1 is 1.00 bits per heavy atom. The van der Waals surface area contributed by atoms with Crippen LogP contribution in [0.4, 0.5) is 0 Å². The van der Waals surface area contributed by atoms with E-state index >= 15 is 0 Å². The SMILES string of the molecule is O=C1NC(SCc2ccccc2)=NN2C1=c1ccccc1=N[C@@H]2c1ccc[nH]1. The average Bonchev–Trinajstić information content (AvgIpc) is 3.27. The molecule has 6 nitrogen and oxygen atoms in total. The monoisotopic (exact) mass is 387 g/mol. The van der Waals surface area contributed by atoms with E-state index in [0.717, 1.165) is 22.0 Å². The van der Waals surface area contributed by atoms with E-state index in [9.17, 15) is 4.79 Å². The number of aromatic amines is 1. The molecule has 3 heterocycles. The van der Waals surface area contributed by atoms with Gasteiger partial charge in [0.15, 0.2) is 11.3 Å². The lowest BCUT2D eigenvalue weighted by atomic mass is 10.1. The second-order valence-electron chi connectivity index (χ2n) is 6.47. The van der Waals surface area contributed by atoms with Crippen LogP contribution < -0.4 is 15.9 Å². The maximum Gasteiger partial charge on any atom is 0.276 e. The Bertz CT molecular complexity index is 1170. The molecular formula is C21H17N5OS. The Morgan fingerprint density at radius 2 is 1.82 bits per heavy atom. The van der Waals surface area contributed by atoms with Crippen LogP contribution in [-0.4, -0.2) is 21.1 Å². The number of benzene rings is 2. The normalized spacial score (nSPS) is 17.9. The lowest BCUT2D eigenvalue weighted by Crippen LogP contribution is -2.50. The highest BCUT2D eigenvalue weighted by atomic mass is 32.2. The van der Waals surface area contributed by atoms with Crippen LogP contribution in [0, 0.1) is 0 Å². The summed E-state index contributed by atoms with van der Waals surface area (Å²) in [4.78, 5) is 21.0. The van der Waals surface area contributed by atoms with Gasteiger partial charge in [-0.05, 0) is 23.8 Å². The number of hydrogen-bond donors (Lipinski definition) is 2. The topological polar surface area (TPSA) is 72.8 Å². The molecular weight excluding hydrogens is 370 g/mol. The molecule has 0 aliphatic carbocycles. The van der Waals surface area contributed by atoms with Crippen molar-refractivity contribution in [3.8, 4) is 0 Å². The lowest BCUT2D eigenvalue weighted by Gasteiger charge is -2.33. The minimum Gasteiger partial charge on any atom is -0.362 e. The summed E-state index contributed by atoms with van der Waals surface area (Å²) in [7, 11) is 0. The number of hydrazone groups is 1. The fraction of sp³-hybridized carbons (Fsp3) is 0.0952. The molecule has 0 unspecified atom stereocenters. The number of nitrogens with zero attached hydrogens (tertiary/aromatic N) is 3. The highest BCUT2D eigenvalue weighted by molar-refractivity contribution is 8.13. The van der Waals surface area contributed by atoms with Crippen molar-refractivity contribution in [2.24, 2.45) is 10.1 Å². The number of fused-ring (bicyclic) bond motifs is 2. The predicted molar refractivity (Wildman–Crippen MR) is 109 cm³/mol. The van der Waals surface area contributed by atoms with Gasteiger partial charge < -0.3 is 4.98 Å². The quantitative estimate of drug-likeness (QED) is 0.723. The van der Waals surface area contributed by atoms with Gasteiger partial charge in [0.05, 0.1) is 11.1 Å². The molecule has 28 heavy (non-hydrogen) atoms. The van der Waals surface area contributed by atoms with Gasteiger partial charge in [-0.15, -0.1) is 5.10 Å². The molecule has 0 radical (unpaired) electrons. The van der Waals surface area contributed by atoms with Gasteiger partial charge in [0.25, 0.3) is 5.91 Å². The molecule has 2 aliphatic heterocycles. The molecule has 1 aromatic heterocycles. The van der Waals surface area contributed by atoms with Crippen LogP contribution in [0.2, 0.25) is 0 Å². The molecule has 3 aromatic rings. The molecule has 7 heteroatoms. The fourth-order valence-corrected chi connectivity index (χ4v) is 4.13. The average molecular weight is 387 g/mol. The van der Waals surface area contributed by atoms with Crippen molar-refractivity contribution >= 4 is 28.5 Å². The predicted octanol–water partition coefficient (Wildman–Crippen LogP) is 2.09. The Kier molecular flexibility index (Phi) is 4.21. The Morgan fingerprint density at radius 3 is 2.64 bits per heavy atom. The molecule has 5 rings (SSSR count). The van der Waals surface area contributed by atoms with Crippen LogP contribution in [0.15, 0.2) is 83.0 Å².